The van der Waals surface area contributed by atoms with Gasteiger partial charge in [-0.2, -0.15) is 4.98 Å². The van der Waals surface area contributed by atoms with E-state index in [1.165, 1.54) is 0 Å². The van der Waals surface area contributed by atoms with Crippen molar-refractivity contribution in [3.63, 3.8) is 0 Å². The summed E-state index contributed by atoms with van der Waals surface area (Å²) in [6, 6.07) is 11.4. The first-order valence-corrected chi connectivity index (χ1v) is 9.44. The summed E-state index contributed by atoms with van der Waals surface area (Å²) in [5, 5.41) is 4.25. The molecule has 0 bridgehead atoms. The first-order chi connectivity index (χ1) is 14.3. The van der Waals surface area contributed by atoms with Gasteiger partial charge in [-0.3, -0.25) is 0 Å². The molecule has 0 unspecified atom stereocenters. The van der Waals surface area contributed by atoms with Crippen molar-refractivity contribution in [2.45, 2.75) is 6.54 Å². The van der Waals surface area contributed by atoms with Crippen LogP contribution >= 0.6 is 0 Å². The van der Waals surface area contributed by atoms with Crippen LogP contribution in [0, 0.1) is 6.57 Å². The monoisotopic (exact) mass is 389 g/mol. The Hall–Kier alpha value is -3.57. The van der Waals surface area contributed by atoms with Crippen LogP contribution in [0.25, 0.3) is 15.7 Å². The van der Waals surface area contributed by atoms with Crippen LogP contribution < -0.4 is 19.7 Å². The Labute approximate surface area is 167 Å². The highest BCUT2D eigenvalue weighted by Crippen LogP contribution is 2.33. The molecule has 1 fully saturated rings. The molecule has 2 aromatic carbocycles. The van der Waals surface area contributed by atoms with E-state index in [4.69, 9.17) is 30.8 Å². The molecule has 8 heteroatoms. The summed E-state index contributed by atoms with van der Waals surface area (Å²) in [6.45, 7) is 11.0. The van der Waals surface area contributed by atoms with E-state index in [9.17, 15) is 0 Å². The molecular weight excluding hydrogens is 370 g/mol. The summed E-state index contributed by atoms with van der Waals surface area (Å²) in [5.41, 5.74) is 2.42. The Morgan fingerprint density at radius 3 is 2.76 bits per heavy atom. The summed E-state index contributed by atoms with van der Waals surface area (Å²) < 4.78 is 16.3. The van der Waals surface area contributed by atoms with Gasteiger partial charge in [-0.15, -0.1) is 0 Å². The van der Waals surface area contributed by atoms with Crippen LogP contribution in [0.3, 0.4) is 0 Å². The molecule has 29 heavy (non-hydrogen) atoms. The Kier molecular flexibility index (Phi) is 4.50. The molecule has 3 heterocycles. The van der Waals surface area contributed by atoms with E-state index in [0.29, 0.717) is 37.2 Å². The third kappa shape index (κ3) is 3.48. The number of nitrogens with zero attached hydrogens (tertiary/aromatic N) is 4. The minimum Gasteiger partial charge on any atom is -0.454 e. The lowest BCUT2D eigenvalue weighted by molar-refractivity contribution is 0.122. The van der Waals surface area contributed by atoms with E-state index in [0.717, 1.165) is 41.1 Å². The standard InChI is InChI=1S/C21H19N5O3/c1-22-15-3-4-17-16(11-15)20(25-21(24-17)26-6-8-27-9-7-26)23-12-14-2-5-18-19(10-14)29-13-28-18/h2-5,10-11H,6-9,12-13H2,(H,23,24,25). The number of anilines is 2. The molecule has 1 aromatic heterocycles. The first kappa shape index (κ1) is 17.5. The van der Waals surface area contributed by atoms with Crippen molar-refractivity contribution in [2.75, 3.05) is 43.3 Å². The third-order valence-corrected chi connectivity index (χ3v) is 4.99. The van der Waals surface area contributed by atoms with Crippen LogP contribution in [0.15, 0.2) is 36.4 Å². The van der Waals surface area contributed by atoms with Gasteiger partial charge in [0, 0.05) is 25.0 Å². The highest BCUT2D eigenvalue weighted by molar-refractivity contribution is 5.92. The Morgan fingerprint density at radius 1 is 1.03 bits per heavy atom. The number of aromatic nitrogens is 2. The van der Waals surface area contributed by atoms with Gasteiger partial charge in [0.2, 0.25) is 12.7 Å². The fourth-order valence-corrected chi connectivity index (χ4v) is 3.45. The Morgan fingerprint density at radius 2 is 1.90 bits per heavy atom. The number of morpholine rings is 1. The molecule has 3 aromatic rings. The zero-order chi connectivity index (χ0) is 19.6. The van der Waals surface area contributed by atoms with Gasteiger partial charge in [-0.1, -0.05) is 12.1 Å². The molecule has 5 rings (SSSR count). The zero-order valence-electron chi connectivity index (χ0n) is 15.7. The smallest absolute Gasteiger partial charge is 0.231 e. The summed E-state index contributed by atoms with van der Waals surface area (Å²) in [7, 11) is 0. The van der Waals surface area contributed by atoms with Crippen molar-refractivity contribution >= 4 is 28.4 Å². The van der Waals surface area contributed by atoms with Gasteiger partial charge in [-0.25, -0.2) is 9.83 Å². The molecule has 1 saturated heterocycles. The molecule has 1 N–H and O–H groups in total. The molecule has 0 amide bonds. The highest BCUT2D eigenvalue weighted by atomic mass is 16.7. The molecule has 8 nitrogen and oxygen atoms in total. The Bertz CT molecular complexity index is 1110. The second-order valence-corrected chi connectivity index (χ2v) is 6.83. The van der Waals surface area contributed by atoms with Crippen molar-refractivity contribution in [2.24, 2.45) is 0 Å². The molecule has 2 aliphatic rings. The van der Waals surface area contributed by atoms with E-state index in [1.807, 2.05) is 30.3 Å². The van der Waals surface area contributed by atoms with Crippen molar-refractivity contribution in [3.8, 4) is 11.5 Å². The molecule has 146 valence electrons. The minimum atomic E-state index is 0.255. The molecule has 0 radical (unpaired) electrons. The average Bonchev–Trinajstić information content (AvgIpc) is 3.25. The highest BCUT2D eigenvalue weighted by Gasteiger charge is 2.17. The molecular formula is C21H19N5O3. The summed E-state index contributed by atoms with van der Waals surface area (Å²) >= 11 is 0. The molecule has 0 saturated carbocycles. The number of hydrogen-bond donors (Lipinski definition) is 1. The van der Waals surface area contributed by atoms with Crippen molar-refractivity contribution in [3.05, 3.63) is 53.4 Å². The third-order valence-electron chi connectivity index (χ3n) is 4.99. The number of nitrogens with one attached hydrogen (secondary N) is 1. The van der Waals surface area contributed by atoms with E-state index in [2.05, 4.69) is 15.1 Å². The zero-order valence-corrected chi connectivity index (χ0v) is 15.7. The number of fused-ring (bicyclic) bond motifs is 2. The van der Waals surface area contributed by atoms with Crippen LogP contribution in [0.1, 0.15) is 5.56 Å². The van der Waals surface area contributed by atoms with Gasteiger partial charge < -0.3 is 24.4 Å². The second-order valence-electron chi connectivity index (χ2n) is 6.83. The lowest BCUT2D eigenvalue weighted by atomic mass is 10.2. The van der Waals surface area contributed by atoms with Gasteiger partial charge >= 0.3 is 0 Å². The lowest BCUT2D eigenvalue weighted by Crippen LogP contribution is -2.37. The Balaban J connectivity index is 1.48. The molecule has 0 aliphatic carbocycles. The quantitative estimate of drug-likeness (QED) is 0.686. The summed E-state index contributed by atoms with van der Waals surface area (Å²) in [6.07, 6.45) is 0. The van der Waals surface area contributed by atoms with Crippen LogP contribution in [0.4, 0.5) is 17.5 Å². The van der Waals surface area contributed by atoms with Gasteiger partial charge in [0.05, 0.1) is 25.3 Å². The number of hydrogen-bond acceptors (Lipinski definition) is 7. The van der Waals surface area contributed by atoms with E-state index in [-0.39, 0.29) is 6.79 Å². The topological polar surface area (TPSA) is 73.1 Å². The fourth-order valence-electron chi connectivity index (χ4n) is 3.45. The van der Waals surface area contributed by atoms with Crippen LogP contribution in [0.5, 0.6) is 11.5 Å². The molecule has 2 aliphatic heterocycles. The van der Waals surface area contributed by atoms with Crippen molar-refractivity contribution < 1.29 is 14.2 Å². The van der Waals surface area contributed by atoms with Crippen molar-refractivity contribution in [1.29, 1.82) is 0 Å². The van der Waals surface area contributed by atoms with Crippen molar-refractivity contribution in [1.82, 2.24) is 9.97 Å². The average molecular weight is 389 g/mol. The maximum absolute atomic E-state index is 7.32. The summed E-state index contributed by atoms with van der Waals surface area (Å²) in [5.74, 6) is 2.89. The fraction of sp³-hybridized carbons (Fsp3) is 0.286. The van der Waals surface area contributed by atoms with Crippen LogP contribution in [-0.2, 0) is 11.3 Å². The van der Waals surface area contributed by atoms with Gasteiger partial charge in [0.1, 0.15) is 5.82 Å². The van der Waals surface area contributed by atoms with E-state index >= 15 is 0 Å². The lowest BCUT2D eigenvalue weighted by Gasteiger charge is -2.27. The number of ether oxygens (including phenoxy) is 3. The summed E-state index contributed by atoms with van der Waals surface area (Å²) in [4.78, 5) is 15.2. The minimum absolute atomic E-state index is 0.255. The maximum Gasteiger partial charge on any atom is 0.231 e. The number of benzene rings is 2. The van der Waals surface area contributed by atoms with E-state index in [1.54, 1.807) is 6.07 Å². The molecule has 0 atom stereocenters. The predicted molar refractivity (Wildman–Crippen MR) is 109 cm³/mol. The maximum atomic E-state index is 7.32. The predicted octanol–water partition coefficient (Wildman–Crippen LogP) is 3.36. The second kappa shape index (κ2) is 7.45. The normalized spacial score (nSPS) is 15.3. The SMILES string of the molecule is [C-]#[N+]c1ccc2nc(N3CCOCC3)nc(NCc3ccc4c(c3)OCO4)c2c1. The van der Waals surface area contributed by atoms with Crippen LogP contribution in [0.2, 0.25) is 0 Å². The van der Waals surface area contributed by atoms with Gasteiger partial charge in [0.25, 0.3) is 0 Å². The van der Waals surface area contributed by atoms with Crippen LogP contribution in [-0.4, -0.2) is 43.1 Å². The van der Waals surface area contributed by atoms with Gasteiger partial charge in [0.15, 0.2) is 17.2 Å². The van der Waals surface area contributed by atoms with E-state index < -0.39 is 0 Å². The largest absolute Gasteiger partial charge is 0.454 e. The first-order valence-electron chi connectivity index (χ1n) is 9.44. The number of rotatable bonds is 4. The molecule has 0 spiro atoms. The van der Waals surface area contributed by atoms with Gasteiger partial charge in [-0.05, 0) is 29.8 Å².